The van der Waals surface area contributed by atoms with E-state index in [1.807, 2.05) is 19.1 Å². The zero-order valence-electron chi connectivity index (χ0n) is 17.3. The molecule has 2 unspecified atom stereocenters. The third-order valence-electron chi connectivity index (χ3n) is 6.10. The number of carbonyl (C=O) groups excluding carboxylic acids is 1. The summed E-state index contributed by atoms with van der Waals surface area (Å²) in [6.07, 6.45) is -0.645. The van der Waals surface area contributed by atoms with Gasteiger partial charge in [0.25, 0.3) is 0 Å². The second kappa shape index (κ2) is 8.42. The van der Waals surface area contributed by atoms with Crippen LogP contribution in [0, 0.1) is 6.92 Å². The molecule has 1 aromatic carbocycles. The summed E-state index contributed by atoms with van der Waals surface area (Å²) in [6, 6.07) is 5.82. The van der Waals surface area contributed by atoms with Crippen molar-refractivity contribution >= 4 is 17.3 Å². The average Bonchev–Trinajstić information content (AvgIpc) is 2.63. The van der Waals surface area contributed by atoms with Crippen molar-refractivity contribution in [2.75, 3.05) is 23.3 Å². The molecule has 1 amide bonds. The molecule has 0 bridgehead atoms. The molecule has 1 heterocycles. The summed E-state index contributed by atoms with van der Waals surface area (Å²) in [5.41, 5.74) is 9.13. The number of carbonyl (C=O) groups is 1. The topological polar surface area (TPSA) is 61.6 Å². The lowest BCUT2D eigenvalue weighted by Crippen LogP contribution is -2.61. The maximum absolute atomic E-state index is 12.9. The Balaban J connectivity index is 1.67. The molecule has 162 valence electrons. The zero-order valence-corrected chi connectivity index (χ0v) is 17.3. The van der Waals surface area contributed by atoms with Gasteiger partial charge in [-0.1, -0.05) is 0 Å². The van der Waals surface area contributed by atoms with Gasteiger partial charge < -0.3 is 20.9 Å². The molecule has 1 saturated carbocycles. The Morgan fingerprint density at radius 3 is 2.21 bits per heavy atom. The fourth-order valence-electron chi connectivity index (χ4n) is 4.57. The summed E-state index contributed by atoms with van der Waals surface area (Å²) < 4.78 is 38.7. The maximum atomic E-state index is 12.9. The first-order chi connectivity index (χ1) is 13.6. The highest BCUT2D eigenvalue weighted by Gasteiger charge is 2.47. The molecule has 3 rings (SSSR count). The van der Waals surface area contributed by atoms with Crippen LogP contribution in [0.3, 0.4) is 0 Å². The van der Waals surface area contributed by atoms with E-state index in [2.05, 4.69) is 16.3 Å². The number of piperazine rings is 1. The highest BCUT2D eigenvalue weighted by Crippen LogP contribution is 2.30. The minimum absolute atomic E-state index is 0.309. The van der Waals surface area contributed by atoms with Gasteiger partial charge in [-0.25, -0.2) is 0 Å². The molecule has 0 aromatic heterocycles. The summed E-state index contributed by atoms with van der Waals surface area (Å²) in [6.45, 7) is 6.13. The lowest BCUT2D eigenvalue weighted by atomic mass is 9.91. The van der Waals surface area contributed by atoms with Gasteiger partial charge in [0.05, 0.1) is 0 Å². The van der Waals surface area contributed by atoms with Crippen molar-refractivity contribution in [3.63, 3.8) is 0 Å². The van der Waals surface area contributed by atoms with Crippen LogP contribution in [0.5, 0.6) is 0 Å². The van der Waals surface area contributed by atoms with Crippen LogP contribution in [-0.2, 0) is 4.79 Å². The van der Waals surface area contributed by atoms with Crippen LogP contribution < -0.4 is 16.0 Å². The van der Waals surface area contributed by atoms with Gasteiger partial charge in [-0.15, -0.1) is 0 Å². The Morgan fingerprint density at radius 1 is 1.10 bits per heavy atom. The summed E-state index contributed by atoms with van der Waals surface area (Å²) >= 11 is 0. The lowest BCUT2D eigenvalue weighted by molar-refractivity contribution is -0.190. The number of nitrogens with two attached hydrogens (primary N) is 1. The molecular weight excluding hydrogens is 381 g/mol. The second-order valence-corrected chi connectivity index (χ2v) is 8.57. The van der Waals surface area contributed by atoms with Crippen molar-refractivity contribution in [1.29, 1.82) is 0 Å². The minimum atomic E-state index is -4.84. The van der Waals surface area contributed by atoms with Crippen molar-refractivity contribution in [1.82, 2.24) is 4.90 Å². The smallest absolute Gasteiger partial charge is 0.382 e. The van der Waals surface area contributed by atoms with Gasteiger partial charge in [0, 0.05) is 48.6 Å². The van der Waals surface area contributed by atoms with Gasteiger partial charge >= 0.3 is 12.1 Å². The molecule has 2 atom stereocenters. The third kappa shape index (κ3) is 4.97. The van der Waals surface area contributed by atoms with Crippen molar-refractivity contribution in [3.8, 4) is 0 Å². The van der Waals surface area contributed by atoms with Crippen LogP contribution in [-0.4, -0.2) is 54.2 Å². The van der Waals surface area contributed by atoms with Gasteiger partial charge in [0.15, 0.2) is 0 Å². The Morgan fingerprint density at radius 2 is 1.69 bits per heavy atom. The van der Waals surface area contributed by atoms with Crippen LogP contribution >= 0.6 is 0 Å². The van der Waals surface area contributed by atoms with E-state index in [9.17, 15) is 18.0 Å². The number of hydrogen-bond donors (Lipinski definition) is 2. The summed E-state index contributed by atoms with van der Waals surface area (Å²) in [7, 11) is 0. The largest absolute Gasteiger partial charge is 0.471 e. The maximum Gasteiger partial charge on any atom is 0.471 e. The molecule has 8 heteroatoms. The Kier molecular flexibility index (Phi) is 6.31. The van der Waals surface area contributed by atoms with Crippen molar-refractivity contribution in [2.45, 2.75) is 76.8 Å². The normalized spacial score (nSPS) is 28.4. The molecule has 5 nitrogen and oxygen atoms in total. The van der Waals surface area contributed by atoms with Crippen LogP contribution in [0.4, 0.5) is 24.5 Å². The minimum Gasteiger partial charge on any atom is -0.382 e. The molecule has 0 radical (unpaired) electrons. The Hall–Kier alpha value is -1.96. The van der Waals surface area contributed by atoms with Crippen LogP contribution in [0.15, 0.2) is 18.2 Å². The zero-order chi connectivity index (χ0) is 21.3. The van der Waals surface area contributed by atoms with Crippen LogP contribution in [0.25, 0.3) is 0 Å². The first-order valence-corrected chi connectivity index (χ1v) is 10.3. The van der Waals surface area contributed by atoms with Gasteiger partial charge in [0.1, 0.15) is 0 Å². The van der Waals surface area contributed by atoms with E-state index in [4.69, 9.17) is 5.73 Å². The lowest BCUT2D eigenvalue weighted by Gasteiger charge is -2.45. The first-order valence-electron chi connectivity index (χ1n) is 10.3. The Labute approximate surface area is 170 Å². The number of alkyl halides is 3. The fraction of sp³-hybridized carbons (Fsp3) is 0.667. The fourth-order valence-corrected chi connectivity index (χ4v) is 4.57. The number of nitrogens with one attached hydrogen (secondary N) is 1. The van der Waals surface area contributed by atoms with E-state index < -0.39 is 24.2 Å². The van der Waals surface area contributed by atoms with Gasteiger partial charge in [-0.05, 0) is 70.2 Å². The SMILES string of the molecule is Cc1cc(N2CC(C)N(C(=O)C(F)(F)F)C(C)C2)ccc1NC1CCC(N)CC1. The van der Waals surface area contributed by atoms with E-state index >= 15 is 0 Å². The quantitative estimate of drug-likeness (QED) is 0.795. The molecule has 2 aliphatic rings. The van der Waals surface area contributed by atoms with Crippen molar-refractivity contribution < 1.29 is 18.0 Å². The molecule has 1 aliphatic heterocycles. The Bertz CT molecular complexity index is 719. The first kappa shape index (κ1) is 21.7. The average molecular weight is 413 g/mol. The predicted molar refractivity (Wildman–Crippen MR) is 109 cm³/mol. The highest BCUT2D eigenvalue weighted by atomic mass is 19.4. The highest BCUT2D eigenvalue weighted by molar-refractivity contribution is 5.82. The van der Waals surface area contributed by atoms with E-state index in [0.717, 1.165) is 47.5 Å². The van der Waals surface area contributed by atoms with Gasteiger partial charge in [-0.2, -0.15) is 13.2 Å². The second-order valence-electron chi connectivity index (χ2n) is 8.57. The number of halogens is 3. The summed E-state index contributed by atoms with van der Waals surface area (Å²) in [5.74, 6) is -1.75. The van der Waals surface area contributed by atoms with Gasteiger partial charge in [0.2, 0.25) is 0 Å². The molecule has 29 heavy (non-hydrogen) atoms. The number of hydrogen-bond acceptors (Lipinski definition) is 4. The van der Waals surface area contributed by atoms with E-state index in [-0.39, 0.29) is 0 Å². The van der Waals surface area contributed by atoms with Crippen LogP contribution in [0.1, 0.15) is 45.1 Å². The van der Waals surface area contributed by atoms with Crippen molar-refractivity contribution in [3.05, 3.63) is 23.8 Å². The molecular formula is C21H31F3N4O. The molecule has 3 N–H and O–H groups in total. The summed E-state index contributed by atoms with van der Waals surface area (Å²) in [5, 5.41) is 3.60. The number of rotatable bonds is 3. The van der Waals surface area contributed by atoms with Crippen molar-refractivity contribution in [2.24, 2.45) is 5.73 Å². The molecule has 0 spiro atoms. The molecule has 1 aliphatic carbocycles. The molecule has 1 saturated heterocycles. The van der Waals surface area contributed by atoms with E-state index in [1.165, 1.54) is 0 Å². The monoisotopic (exact) mass is 412 g/mol. The number of benzene rings is 1. The summed E-state index contributed by atoms with van der Waals surface area (Å²) in [4.78, 5) is 14.8. The number of anilines is 2. The van der Waals surface area contributed by atoms with Crippen LogP contribution in [0.2, 0.25) is 0 Å². The number of aryl methyl sites for hydroxylation is 1. The number of nitrogens with zero attached hydrogens (tertiary/aromatic N) is 2. The van der Waals surface area contributed by atoms with E-state index in [0.29, 0.717) is 25.2 Å². The molecule has 2 fully saturated rings. The third-order valence-corrected chi connectivity index (χ3v) is 6.10. The molecule has 1 aromatic rings. The predicted octanol–water partition coefficient (Wildman–Crippen LogP) is 3.66. The van der Waals surface area contributed by atoms with E-state index in [1.54, 1.807) is 13.8 Å². The number of amides is 1. The standard InChI is InChI=1S/C21H31F3N4O/c1-13-10-18(8-9-19(13)26-17-6-4-16(25)5-7-17)27-11-14(2)28(15(3)12-27)20(29)21(22,23)24/h8-10,14-17,26H,4-7,11-12,25H2,1-3H3. The van der Waals surface area contributed by atoms with Gasteiger partial charge in [-0.3, -0.25) is 4.79 Å².